The SMILES string of the molecule is CC1=CC=NN(Cl)N1. The minimum atomic E-state index is 0.981. The number of hydrogen-bond acceptors (Lipinski definition) is 3. The van der Waals surface area contributed by atoms with Crippen LogP contribution in [0.25, 0.3) is 0 Å². The Hall–Kier alpha value is -0.700. The standard InChI is InChI=1S/C4H6ClN3/c1-4-2-3-6-8(5)7-4/h2-3,7H,1H3. The molecule has 0 aromatic carbocycles. The van der Waals surface area contributed by atoms with Gasteiger partial charge in [0.2, 0.25) is 0 Å². The first-order chi connectivity index (χ1) is 3.79. The maximum atomic E-state index is 5.39. The van der Waals surface area contributed by atoms with Crippen molar-refractivity contribution < 1.29 is 0 Å². The summed E-state index contributed by atoms with van der Waals surface area (Å²) in [5.41, 5.74) is 3.72. The first kappa shape index (κ1) is 5.44. The lowest BCUT2D eigenvalue weighted by Gasteiger charge is -2.14. The minimum Gasteiger partial charge on any atom is -0.272 e. The molecule has 0 amide bonds. The number of allylic oxidation sites excluding steroid dienone is 2. The van der Waals surface area contributed by atoms with Gasteiger partial charge < -0.3 is 0 Å². The second-order valence-electron chi connectivity index (χ2n) is 1.49. The maximum absolute atomic E-state index is 5.39. The first-order valence-electron chi connectivity index (χ1n) is 2.22. The Morgan fingerprint density at radius 3 is 3.00 bits per heavy atom. The van der Waals surface area contributed by atoms with Crippen LogP contribution in [0.15, 0.2) is 16.9 Å². The highest BCUT2D eigenvalue weighted by molar-refractivity contribution is 6.13. The predicted molar refractivity (Wildman–Crippen MR) is 33.1 cm³/mol. The van der Waals surface area contributed by atoms with E-state index in [0.717, 1.165) is 10.3 Å². The number of halogens is 1. The number of hydrazine groups is 1. The Morgan fingerprint density at radius 2 is 2.62 bits per heavy atom. The van der Waals surface area contributed by atoms with Crippen LogP contribution in [-0.2, 0) is 0 Å². The Labute approximate surface area is 52.7 Å². The van der Waals surface area contributed by atoms with E-state index in [9.17, 15) is 0 Å². The first-order valence-corrected chi connectivity index (χ1v) is 2.56. The van der Waals surface area contributed by atoms with Crippen LogP contribution in [0.4, 0.5) is 0 Å². The molecule has 0 aliphatic carbocycles. The second-order valence-corrected chi connectivity index (χ2v) is 1.81. The zero-order valence-corrected chi connectivity index (χ0v) is 5.18. The van der Waals surface area contributed by atoms with Gasteiger partial charge in [0.25, 0.3) is 0 Å². The van der Waals surface area contributed by atoms with Gasteiger partial charge in [0.1, 0.15) is 0 Å². The number of hydrogen-bond donors (Lipinski definition) is 1. The quantitative estimate of drug-likeness (QED) is 0.494. The number of nitrogens with zero attached hydrogens (tertiary/aromatic N) is 2. The van der Waals surface area contributed by atoms with Crippen LogP contribution in [0.1, 0.15) is 6.92 Å². The molecule has 0 saturated heterocycles. The largest absolute Gasteiger partial charge is 0.272 e. The Bertz CT molecular complexity index is 140. The summed E-state index contributed by atoms with van der Waals surface area (Å²) in [4.78, 5) is 0. The highest BCUT2D eigenvalue weighted by atomic mass is 35.5. The van der Waals surface area contributed by atoms with E-state index in [4.69, 9.17) is 11.8 Å². The summed E-state index contributed by atoms with van der Waals surface area (Å²) in [5, 5.41) is 3.67. The summed E-state index contributed by atoms with van der Waals surface area (Å²) in [5.74, 6) is 0. The summed E-state index contributed by atoms with van der Waals surface area (Å²) < 4.78 is 1.13. The van der Waals surface area contributed by atoms with E-state index in [2.05, 4.69) is 10.5 Å². The van der Waals surface area contributed by atoms with Crippen molar-refractivity contribution in [3.8, 4) is 0 Å². The number of hydrazone groups is 1. The lowest BCUT2D eigenvalue weighted by Crippen LogP contribution is -2.25. The van der Waals surface area contributed by atoms with Crippen molar-refractivity contribution in [3.63, 3.8) is 0 Å². The lowest BCUT2D eigenvalue weighted by atomic mass is 10.5. The average molecular weight is 132 g/mol. The zero-order valence-electron chi connectivity index (χ0n) is 4.43. The van der Waals surface area contributed by atoms with Gasteiger partial charge in [-0.1, -0.05) is 0 Å². The minimum absolute atomic E-state index is 0.981. The van der Waals surface area contributed by atoms with Gasteiger partial charge in [-0.2, -0.15) is 0 Å². The van der Waals surface area contributed by atoms with Crippen LogP contribution in [-0.4, -0.2) is 10.9 Å². The fourth-order valence-electron chi connectivity index (χ4n) is 0.415. The highest BCUT2D eigenvalue weighted by Gasteiger charge is 1.96. The van der Waals surface area contributed by atoms with Crippen LogP contribution in [0.3, 0.4) is 0 Å². The van der Waals surface area contributed by atoms with Crippen molar-refractivity contribution in [2.24, 2.45) is 5.10 Å². The Balaban J connectivity index is 2.59. The molecule has 44 valence electrons. The Kier molecular flexibility index (Phi) is 1.39. The molecule has 4 heteroatoms. The number of nitrogens with one attached hydrogen (secondary N) is 1. The maximum Gasteiger partial charge on any atom is 0.0571 e. The van der Waals surface area contributed by atoms with Gasteiger partial charge in [-0.15, -0.1) is 9.74 Å². The van der Waals surface area contributed by atoms with Crippen molar-refractivity contribution in [2.45, 2.75) is 6.92 Å². The van der Waals surface area contributed by atoms with E-state index in [1.807, 2.05) is 13.0 Å². The average Bonchev–Trinajstić information content (AvgIpc) is 1.64. The lowest BCUT2D eigenvalue weighted by molar-refractivity contribution is 0.395. The van der Waals surface area contributed by atoms with Crippen molar-refractivity contribution in [2.75, 3.05) is 0 Å². The molecule has 1 heterocycles. The fourth-order valence-corrected chi connectivity index (χ4v) is 0.599. The van der Waals surface area contributed by atoms with E-state index in [-0.39, 0.29) is 0 Å². The van der Waals surface area contributed by atoms with Crippen LogP contribution in [0.2, 0.25) is 0 Å². The van der Waals surface area contributed by atoms with Gasteiger partial charge in [0, 0.05) is 5.70 Å². The molecule has 0 saturated carbocycles. The summed E-state index contributed by atoms with van der Waals surface area (Å²) in [6, 6.07) is 0. The summed E-state index contributed by atoms with van der Waals surface area (Å²) >= 11 is 5.39. The topological polar surface area (TPSA) is 27.6 Å². The molecule has 0 fully saturated rings. The Morgan fingerprint density at radius 1 is 1.88 bits per heavy atom. The van der Waals surface area contributed by atoms with Gasteiger partial charge >= 0.3 is 0 Å². The van der Waals surface area contributed by atoms with Gasteiger partial charge in [-0.05, 0) is 13.0 Å². The summed E-state index contributed by atoms with van der Waals surface area (Å²) in [6.07, 6.45) is 3.46. The van der Waals surface area contributed by atoms with Gasteiger partial charge in [0.05, 0.1) is 18.0 Å². The molecular weight excluding hydrogens is 126 g/mol. The normalized spacial score (nSPS) is 17.8. The van der Waals surface area contributed by atoms with E-state index in [0.29, 0.717) is 0 Å². The molecular formula is C4H6ClN3. The van der Waals surface area contributed by atoms with Crippen molar-refractivity contribution in [1.82, 2.24) is 10.1 Å². The smallest absolute Gasteiger partial charge is 0.0571 e. The highest BCUT2D eigenvalue weighted by Crippen LogP contribution is 1.97. The predicted octanol–water partition coefficient (Wildman–Crippen LogP) is 0.850. The summed E-state index contributed by atoms with van der Waals surface area (Å²) in [6.45, 7) is 1.90. The molecule has 0 aromatic rings. The fraction of sp³-hybridized carbons (Fsp3) is 0.250. The monoisotopic (exact) mass is 131 g/mol. The number of rotatable bonds is 0. The van der Waals surface area contributed by atoms with E-state index >= 15 is 0 Å². The molecule has 0 spiro atoms. The van der Waals surface area contributed by atoms with Crippen LogP contribution in [0, 0.1) is 0 Å². The van der Waals surface area contributed by atoms with Gasteiger partial charge in [-0.3, -0.25) is 5.43 Å². The third-order valence-corrected chi connectivity index (χ3v) is 0.933. The van der Waals surface area contributed by atoms with Crippen molar-refractivity contribution in [3.05, 3.63) is 11.8 Å². The van der Waals surface area contributed by atoms with Crippen LogP contribution in [0.5, 0.6) is 0 Å². The third kappa shape index (κ3) is 1.13. The molecule has 1 rings (SSSR count). The van der Waals surface area contributed by atoms with E-state index in [1.165, 1.54) is 0 Å². The van der Waals surface area contributed by atoms with Crippen LogP contribution >= 0.6 is 11.8 Å². The molecule has 0 bridgehead atoms. The zero-order chi connectivity index (χ0) is 5.98. The molecule has 0 unspecified atom stereocenters. The molecule has 0 aromatic heterocycles. The van der Waals surface area contributed by atoms with Gasteiger partial charge in [-0.25, -0.2) is 0 Å². The van der Waals surface area contributed by atoms with E-state index < -0.39 is 0 Å². The molecule has 1 aliphatic heterocycles. The molecule has 1 aliphatic rings. The van der Waals surface area contributed by atoms with Crippen molar-refractivity contribution in [1.29, 1.82) is 0 Å². The molecule has 3 nitrogen and oxygen atoms in total. The van der Waals surface area contributed by atoms with Crippen molar-refractivity contribution >= 4 is 18.0 Å². The van der Waals surface area contributed by atoms with Gasteiger partial charge in [0.15, 0.2) is 0 Å². The molecule has 0 atom stereocenters. The third-order valence-electron chi connectivity index (χ3n) is 0.761. The molecule has 1 N–H and O–H groups in total. The molecule has 0 radical (unpaired) electrons. The van der Waals surface area contributed by atoms with E-state index in [1.54, 1.807) is 6.21 Å². The van der Waals surface area contributed by atoms with Crippen LogP contribution < -0.4 is 5.43 Å². The second kappa shape index (κ2) is 2.05. The molecule has 8 heavy (non-hydrogen) atoms. The summed E-state index contributed by atoms with van der Waals surface area (Å²) in [7, 11) is 0.